The van der Waals surface area contributed by atoms with Gasteiger partial charge in [0.15, 0.2) is 0 Å². The Morgan fingerprint density at radius 1 is 0.414 bits per heavy atom. The van der Waals surface area contributed by atoms with Crippen LogP contribution in [0.4, 0.5) is 0 Å². The second-order valence-electron chi connectivity index (χ2n) is 10.0. The SMILES string of the molecule is CC.CC.CC.CC.CC1CC2CC1C1C3CCC(C3)C21.CC1CC2CCC1C2. The second-order valence-corrected chi connectivity index (χ2v) is 10.0. The molecule has 6 saturated carbocycles. The molecule has 0 spiro atoms. The van der Waals surface area contributed by atoms with Crippen LogP contribution in [0.25, 0.3) is 0 Å². The monoisotopic (exact) mass is 406 g/mol. The van der Waals surface area contributed by atoms with E-state index in [0.717, 1.165) is 23.7 Å². The van der Waals surface area contributed by atoms with Gasteiger partial charge in [-0.3, -0.25) is 0 Å². The molecule has 0 nitrogen and oxygen atoms in total. The van der Waals surface area contributed by atoms with Gasteiger partial charge in [-0.1, -0.05) is 75.7 Å². The first-order chi connectivity index (χ1) is 14.2. The van der Waals surface area contributed by atoms with Crippen LogP contribution in [0, 0.1) is 59.2 Å². The minimum atomic E-state index is 1.08. The van der Waals surface area contributed by atoms with Gasteiger partial charge >= 0.3 is 0 Å². The van der Waals surface area contributed by atoms with E-state index in [2.05, 4.69) is 13.8 Å². The maximum atomic E-state index is 2.52. The molecule has 10 unspecified atom stereocenters. The fourth-order valence-corrected chi connectivity index (χ4v) is 8.46. The summed E-state index contributed by atoms with van der Waals surface area (Å²) in [5.74, 6) is 11.6. The third kappa shape index (κ3) is 5.63. The molecule has 0 heteroatoms. The van der Waals surface area contributed by atoms with E-state index in [0.29, 0.717) is 0 Å². The minimum absolute atomic E-state index is 1.08. The molecule has 0 aromatic rings. The molecule has 0 aromatic heterocycles. The molecular formula is C29H58. The molecule has 0 aliphatic heterocycles. The fourth-order valence-electron chi connectivity index (χ4n) is 8.46. The van der Waals surface area contributed by atoms with Crippen LogP contribution in [0.3, 0.4) is 0 Å². The number of hydrogen-bond donors (Lipinski definition) is 0. The van der Waals surface area contributed by atoms with Crippen molar-refractivity contribution >= 4 is 0 Å². The predicted molar refractivity (Wildman–Crippen MR) is 133 cm³/mol. The van der Waals surface area contributed by atoms with E-state index in [1.807, 2.05) is 55.4 Å². The fraction of sp³-hybridized carbons (Fsp3) is 1.00. The van der Waals surface area contributed by atoms with Crippen LogP contribution >= 0.6 is 0 Å². The van der Waals surface area contributed by atoms with E-state index in [-0.39, 0.29) is 0 Å². The van der Waals surface area contributed by atoms with Crippen molar-refractivity contribution in [3.8, 4) is 0 Å². The van der Waals surface area contributed by atoms with Crippen molar-refractivity contribution in [1.29, 1.82) is 0 Å². The highest BCUT2D eigenvalue weighted by Crippen LogP contribution is 2.68. The zero-order chi connectivity index (χ0) is 22.1. The third-order valence-corrected chi connectivity index (χ3v) is 9.16. The van der Waals surface area contributed by atoms with Crippen LogP contribution in [0.2, 0.25) is 0 Å². The first-order valence-electron chi connectivity index (χ1n) is 14.2. The molecule has 0 saturated heterocycles. The molecule has 29 heavy (non-hydrogen) atoms. The highest BCUT2D eigenvalue weighted by molar-refractivity contribution is 5.10. The highest BCUT2D eigenvalue weighted by Gasteiger charge is 2.61. The zero-order valence-electron chi connectivity index (χ0n) is 22.1. The predicted octanol–water partition coefficient (Wildman–Crippen LogP) is 9.87. The van der Waals surface area contributed by atoms with Crippen LogP contribution in [0.15, 0.2) is 0 Å². The number of fused-ring (bicyclic) bond motifs is 11. The Bertz CT molecular complexity index is 410. The molecule has 0 radical (unpaired) electrons. The van der Waals surface area contributed by atoms with Gasteiger partial charge in [-0.05, 0) is 111 Å². The molecule has 6 fully saturated rings. The molecular weight excluding hydrogens is 348 g/mol. The molecule has 174 valence electrons. The smallest absolute Gasteiger partial charge is 0.0321 e. The van der Waals surface area contributed by atoms with E-state index in [9.17, 15) is 0 Å². The van der Waals surface area contributed by atoms with Crippen molar-refractivity contribution in [2.24, 2.45) is 59.2 Å². The summed E-state index contributed by atoms with van der Waals surface area (Å²) < 4.78 is 0. The van der Waals surface area contributed by atoms with Crippen molar-refractivity contribution in [2.75, 3.05) is 0 Å². The summed E-state index contributed by atoms with van der Waals surface area (Å²) in [6.45, 7) is 20.9. The Balaban J connectivity index is 0.000000229. The molecule has 0 heterocycles. The average Bonchev–Trinajstić information content (AvgIpc) is 3.61. The maximum absolute atomic E-state index is 2.52. The van der Waals surface area contributed by atoms with Gasteiger partial charge in [-0.15, -0.1) is 0 Å². The van der Waals surface area contributed by atoms with Gasteiger partial charge in [0.1, 0.15) is 0 Å². The largest absolute Gasteiger partial charge is 0.0683 e. The lowest BCUT2D eigenvalue weighted by Gasteiger charge is -2.37. The minimum Gasteiger partial charge on any atom is -0.0683 e. The molecule has 0 N–H and O–H groups in total. The molecule has 0 aromatic carbocycles. The van der Waals surface area contributed by atoms with Crippen LogP contribution in [0.5, 0.6) is 0 Å². The highest BCUT2D eigenvalue weighted by atomic mass is 14.7. The lowest BCUT2D eigenvalue weighted by Crippen LogP contribution is -2.31. The van der Waals surface area contributed by atoms with Gasteiger partial charge in [0.25, 0.3) is 0 Å². The number of rotatable bonds is 0. The average molecular weight is 407 g/mol. The maximum Gasteiger partial charge on any atom is -0.0321 e. The Morgan fingerprint density at radius 3 is 1.41 bits per heavy atom. The zero-order valence-corrected chi connectivity index (χ0v) is 22.1. The Labute approximate surface area is 186 Å². The van der Waals surface area contributed by atoms with Gasteiger partial charge in [0, 0.05) is 0 Å². The first-order valence-corrected chi connectivity index (χ1v) is 14.2. The van der Waals surface area contributed by atoms with E-state index in [1.54, 1.807) is 57.8 Å². The lowest BCUT2D eigenvalue weighted by atomic mass is 9.68. The van der Waals surface area contributed by atoms with Crippen molar-refractivity contribution in [1.82, 2.24) is 0 Å². The quantitative estimate of drug-likeness (QED) is 0.351. The molecule has 6 aliphatic rings. The normalized spacial score (nSPS) is 45.7. The van der Waals surface area contributed by atoms with Gasteiger partial charge in [0.05, 0.1) is 0 Å². The van der Waals surface area contributed by atoms with Crippen molar-refractivity contribution in [3.63, 3.8) is 0 Å². The molecule has 6 rings (SSSR count). The Kier molecular flexibility index (Phi) is 12.5. The van der Waals surface area contributed by atoms with Gasteiger partial charge in [-0.25, -0.2) is 0 Å². The van der Waals surface area contributed by atoms with Crippen molar-refractivity contribution in [2.45, 2.75) is 127 Å². The lowest BCUT2D eigenvalue weighted by molar-refractivity contribution is 0.112. The molecule has 10 atom stereocenters. The van der Waals surface area contributed by atoms with E-state index < -0.39 is 0 Å². The topological polar surface area (TPSA) is 0 Å². The van der Waals surface area contributed by atoms with Crippen molar-refractivity contribution in [3.05, 3.63) is 0 Å². The molecule has 6 bridgehead atoms. The van der Waals surface area contributed by atoms with E-state index in [1.165, 1.54) is 35.5 Å². The standard InChI is InChI=1S/C13H20.C8H14.4C2H6/c1-7-4-10-6-11(7)13-9-3-2-8(5-9)12(10)13;1-6-4-7-2-3-8(6)5-7;4*1-2/h7-13H,2-6H2,1H3;6-8H,2-5H2,1H3;4*1-2H3. The van der Waals surface area contributed by atoms with Crippen LogP contribution in [-0.4, -0.2) is 0 Å². The van der Waals surface area contributed by atoms with Gasteiger partial charge in [-0.2, -0.15) is 0 Å². The summed E-state index contributed by atoms with van der Waals surface area (Å²) in [6, 6.07) is 0. The Morgan fingerprint density at radius 2 is 0.966 bits per heavy atom. The summed E-state index contributed by atoms with van der Waals surface area (Å²) in [6.07, 6.45) is 14.3. The van der Waals surface area contributed by atoms with E-state index >= 15 is 0 Å². The number of hydrogen-bond acceptors (Lipinski definition) is 0. The molecule has 6 aliphatic carbocycles. The van der Waals surface area contributed by atoms with Gasteiger partial charge in [0.2, 0.25) is 0 Å². The van der Waals surface area contributed by atoms with Crippen molar-refractivity contribution < 1.29 is 0 Å². The first kappa shape index (κ1) is 27.0. The third-order valence-electron chi connectivity index (χ3n) is 9.16. The summed E-state index contributed by atoms with van der Waals surface area (Å²) in [4.78, 5) is 0. The summed E-state index contributed by atoms with van der Waals surface area (Å²) in [7, 11) is 0. The van der Waals surface area contributed by atoms with Crippen LogP contribution < -0.4 is 0 Å². The summed E-state index contributed by atoms with van der Waals surface area (Å²) >= 11 is 0. The van der Waals surface area contributed by atoms with Crippen LogP contribution in [-0.2, 0) is 0 Å². The summed E-state index contributed by atoms with van der Waals surface area (Å²) in [5, 5.41) is 0. The second kappa shape index (κ2) is 13.4. The van der Waals surface area contributed by atoms with E-state index in [4.69, 9.17) is 0 Å². The Hall–Kier alpha value is 0. The van der Waals surface area contributed by atoms with Gasteiger partial charge < -0.3 is 0 Å². The van der Waals surface area contributed by atoms with Crippen LogP contribution in [0.1, 0.15) is 127 Å². The summed E-state index contributed by atoms with van der Waals surface area (Å²) in [5.41, 5.74) is 0. The molecule has 0 amide bonds.